The van der Waals surface area contributed by atoms with Crippen LogP contribution in [0.3, 0.4) is 0 Å². The molecule has 3 heterocycles. The Hall–Kier alpha value is -3.13. The number of benzene rings is 1. The predicted octanol–water partition coefficient (Wildman–Crippen LogP) is 3.28. The van der Waals surface area contributed by atoms with Crippen molar-refractivity contribution >= 4 is 28.7 Å². The van der Waals surface area contributed by atoms with Gasteiger partial charge in [-0.15, -0.1) is 5.10 Å². The first kappa shape index (κ1) is 19.8. The first-order chi connectivity index (χ1) is 15.1. The van der Waals surface area contributed by atoms with Crippen LogP contribution in [0, 0.1) is 0 Å². The van der Waals surface area contributed by atoms with E-state index in [2.05, 4.69) is 10.4 Å². The van der Waals surface area contributed by atoms with Gasteiger partial charge in [-0.3, -0.25) is 4.79 Å². The zero-order chi connectivity index (χ0) is 21.4. The van der Waals surface area contributed by atoms with E-state index in [-0.39, 0.29) is 5.91 Å². The third-order valence-electron chi connectivity index (χ3n) is 6.46. The highest BCUT2D eigenvalue weighted by Crippen LogP contribution is 2.33. The molecule has 0 unspecified atom stereocenters. The maximum absolute atomic E-state index is 12.6. The molecule has 1 aromatic carbocycles. The Labute approximate surface area is 181 Å². The number of imidazole rings is 1. The highest BCUT2D eigenvalue weighted by atomic mass is 16.2. The van der Waals surface area contributed by atoms with Crippen molar-refractivity contribution in [1.29, 1.82) is 0 Å². The second-order valence-corrected chi connectivity index (χ2v) is 8.73. The first-order valence-corrected chi connectivity index (χ1v) is 11.1. The molecule has 1 amide bonds. The van der Waals surface area contributed by atoms with Crippen molar-refractivity contribution in [2.45, 2.75) is 50.5 Å². The van der Waals surface area contributed by atoms with Gasteiger partial charge in [-0.05, 0) is 62.8 Å². The average Bonchev–Trinajstić information content (AvgIpc) is 3.44. The number of anilines is 3. The number of nitrogens with zero attached hydrogens (tertiary/aromatic N) is 4. The molecule has 5 rings (SSSR count). The fourth-order valence-electron chi connectivity index (χ4n) is 4.67. The van der Waals surface area contributed by atoms with Crippen molar-refractivity contribution in [1.82, 2.24) is 19.5 Å². The number of fused-ring (bicyclic) bond motifs is 1. The second-order valence-electron chi connectivity index (χ2n) is 8.73. The summed E-state index contributed by atoms with van der Waals surface area (Å²) in [6.45, 7) is 1.70. The molecule has 5 N–H and O–H groups in total. The zero-order valence-electron chi connectivity index (χ0n) is 17.6. The third kappa shape index (κ3) is 4.07. The number of rotatable bonds is 4. The number of amides is 1. The standard InChI is InChI=1S/C23H29N7O/c24-17-7-3-15(4-8-17)20-14-30-22(27-20)19(13-21(25)28-30)26-18-9-5-16(6-10-18)23(31)29-11-1-2-12-29/h5-6,9-10,13-15,17,26H,1-4,7-8,11-12,24H2,(H2,25,28). The van der Waals surface area contributed by atoms with Crippen LogP contribution >= 0.6 is 0 Å². The lowest BCUT2D eigenvalue weighted by Gasteiger charge is -2.24. The number of carbonyl (C=O) groups excluding carboxylic acids is 1. The summed E-state index contributed by atoms with van der Waals surface area (Å²) >= 11 is 0. The van der Waals surface area contributed by atoms with E-state index >= 15 is 0 Å². The van der Waals surface area contributed by atoms with E-state index in [1.165, 1.54) is 0 Å². The van der Waals surface area contributed by atoms with E-state index in [1.54, 1.807) is 10.6 Å². The van der Waals surface area contributed by atoms with Crippen LogP contribution in [0.4, 0.5) is 17.2 Å². The molecule has 0 radical (unpaired) electrons. The average molecular weight is 420 g/mol. The molecule has 162 valence electrons. The van der Waals surface area contributed by atoms with Crippen LogP contribution < -0.4 is 16.8 Å². The summed E-state index contributed by atoms with van der Waals surface area (Å²) < 4.78 is 1.76. The van der Waals surface area contributed by atoms with Crippen molar-refractivity contribution in [3.8, 4) is 0 Å². The van der Waals surface area contributed by atoms with Crippen molar-refractivity contribution < 1.29 is 4.79 Å². The van der Waals surface area contributed by atoms with Gasteiger partial charge in [-0.1, -0.05) is 0 Å². The van der Waals surface area contributed by atoms with Gasteiger partial charge in [0.05, 0.1) is 17.6 Å². The van der Waals surface area contributed by atoms with Crippen LogP contribution in [0.5, 0.6) is 0 Å². The van der Waals surface area contributed by atoms with E-state index in [4.69, 9.17) is 16.5 Å². The lowest BCUT2D eigenvalue weighted by atomic mass is 9.85. The number of hydrogen-bond donors (Lipinski definition) is 3. The number of carbonyl (C=O) groups is 1. The van der Waals surface area contributed by atoms with Gasteiger partial charge in [0.15, 0.2) is 5.65 Å². The summed E-state index contributed by atoms with van der Waals surface area (Å²) in [7, 11) is 0. The number of hydrogen-bond acceptors (Lipinski definition) is 6. The van der Waals surface area contributed by atoms with E-state index in [0.717, 1.165) is 74.3 Å². The van der Waals surface area contributed by atoms with Gasteiger partial charge in [0.25, 0.3) is 5.91 Å². The topological polar surface area (TPSA) is 115 Å². The smallest absolute Gasteiger partial charge is 0.253 e. The lowest BCUT2D eigenvalue weighted by molar-refractivity contribution is 0.0793. The molecule has 1 saturated carbocycles. The monoisotopic (exact) mass is 419 g/mol. The van der Waals surface area contributed by atoms with Gasteiger partial charge in [-0.2, -0.15) is 0 Å². The number of nitrogens with one attached hydrogen (secondary N) is 1. The predicted molar refractivity (Wildman–Crippen MR) is 121 cm³/mol. The quantitative estimate of drug-likeness (QED) is 0.598. The number of nitrogen functional groups attached to an aromatic ring is 1. The molecule has 8 heteroatoms. The van der Waals surface area contributed by atoms with Crippen molar-refractivity contribution in [2.24, 2.45) is 5.73 Å². The molecular weight excluding hydrogens is 390 g/mol. The molecule has 2 aromatic heterocycles. The fourth-order valence-corrected chi connectivity index (χ4v) is 4.67. The van der Waals surface area contributed by atoms with Crippen LogP contribution in [0.15, 0.2) is 36.5 Å². The zero-order valence-corrected chi connectivity index (χ0v) is 17.6. The SMILES string of the molecule is Nc1cc(Nc2ccc(C(=O)N3CCCC3)cc2)c2nc(C3CCC(N)CC3)cn2n1. The largest absolute Gasteiger partial charge is 0.382 e. The maximum Gasteiger partial charge on any atom is 0.253 e. The number of likely N-dealkylation sites (tertiary alicyclic amines) is 1. The molecule has 0 atom stereocenters. The van der Waals surface area contributed by atoms with E-state index in [9.17, 15) is 4.79 Å². The van der Waals surface area contributed by atoms with Crippen molar-refractivity contribution in [3.63, 3.8) is 0 Å². The van der Waals surface area contributed by atoms with E-state index in [0.29, 0.717) is 23.3 Å². The highest BCUT2D eigenvalue weighted by molar-refractivity contribution is 5.94. The first-order valence-electron chi connectivity index (χ1n) is 11.1. The van der Waals surface area contributed by atoms with Crippen LogP contribution in [0.2, 0.25) is 0 Å². The lowest BCUT2D eigenvalue weighted by Crippen LogP contribution is -2.27. The molecule has 8 nitrogen and oxygen atoms in total. The summed E-state index contributed by atoms with van der Waals surface area (Å²) in [6.07, 6.45) is 8.32. The summed E-state index contributed by atoms with van der Waals surface area (Å²) in [4.78, 5) is 19.4. The Morgan fingerprint density at radius 1 is 1.06 bits per heavy atom. The van der Waals surface area contributed by atoms with Crippen LogP contribution in [0.25, 0.3) is 5.65 Å². The van der Waals surface area contributed by atoms with E-state index in [1.807, 2.05) is 35.4 Å². The maximum atomic E-state index is 12.6. The Kier molecular flexibility index (Phi) is 5.23. The molecule has 31 heavy (non-hydrogen) atoms. The summed E-state index contributed by atoms with van der Waals surface area (Å²) in [5.41, 5.74) is 16.3. The molecule has 2 aliphatic rings. The van der Waals surface area contributed by atoms with Crippen LogP contribution in [-0.4, -0.2) is 44.5 Å². The third-order valence-corrected chi connectivity index (χ3v) is 6.46. The molecule has 1 aliphatic carbocycles. The Morgan fingerprint density at radius 2 is 1.77 bits per heavy atom. The molecule has 2 fully saturated rings. The molecule has 1 aliphatic heterocycles. The van der Waals surface area contributed by atoms with Crippen LogP contribution in [0.1, 0.15) is 60.5 Å². The minimum absolute atomic E-state index is 0.102. The Balaban J connectivity index is 1.37. The molecule has 0 spiro atoms. The molecular formula is C23H29N7O. The minimum atomic E-state index is 0.102. The van der Waals surface area contributed by atoms with Crippen LogP contribution in [-0.2, 0) is 0 Å². The minimum Gasteiger partial charge on any atom is -0.382 e. The normalized spacial score (nSPS) is 21.5. The Bertz CT molecular complexity index is 1080. The summed E-state index contributed by atoms with van der Waals surface area (Å²) in [5, 5.41) is 7.81. The van der Waals surface area contributed by atoms with Gasteiger partial charge in [0.2, 0.25) is 0 Å². The van der Waals surface area contributed by atoms with E-state index < -0.39 is 0 Å². The summed E-state index contributed by atoms with van der Waals surface area (Å²) in [6, 6.07) is 9.68. The molecule has 0 bridgehead atoms. The fraction of sp³-hybridized carbons (Fsp3) is 0.435. The van der Waals surface area contributed by atoms with Crippen molar-refractivity contribution in [3.05, 3.63) is 47.8 Å². The summed E-state index contributed by atoms with van der Waals surface area (Å²) in [5.74, 6) is 0.932. The van der Waals surface area contributed by atoms with Gasteiger partial charge in [0.1, 0.15) is 5.82 Å². The molecule has 3 aromatic rings. The van der Waals surface area contributed by atoms with Gasteiger partial charge < -0.3 is 21.7 Å². The molecule has 1 saturated heterocycles. The second kappa shape index (κ2) is 8.19. The number of aromatic nitrogens is 3. The Morgan fingerprint density at radius 3 is 2.48 bits per heavy atom. The van der Waals surface area contributed by atoms with Gasteiger partial charge >= 0.3 is 0 Å². The van der Waals surface area contributed by atoms with Crippen molar-refractivity contribution in [2.75, 3.05) is 24.1 Å². The number of nitrogens with two attached hydrogens (primary N) is 2. The van der Waals surface area contributed by atoms with Gasteiger partial charge in [-0.25, -0.2) is 9.50 Å². The highest BCUT2D eigenvalue weighted by Gasteiger charge is 2.23. The van der Waals surface area contributed by atoms with Gasteiger partial charge in [0, 0.05) is 42.4 Å².